The van der Waals surface area contributed by atoms with Crippen LogP contribution in [0.25, 0.3) is 6.08 Å². The monoisotopic (exact) mass is 556 g/mol. The van der Waals surface area contributed by atoms with Crippen LogP contribution in [0.2, 0.25) is 0 Å². The van der Waals surface area contributed by atoms with E-state index in [0.29, 0.717) is 43.5 Å². The van der Waals surface area contributed by atoms with E-state index in [2.05, 4.69) is 16.2 Å². The lowest BCUT2D eigenvalue weighted by Crippen LogP contribution is -2.77. The number of hydrogen-bond acceptors (Lipinski definition) is 6. The molecule has 7 nitrogen and oxygen atoms in total. The Kier molecular flexibility index (Phi) is 6.19. The molecule has 0 aromatic heterocycles. The van der Waals surface area contributed by atoms with E-state index >= 15 is 0 Å². The number of nitrogens with zero attached hydrogens (tertiary/aromatic N) is 2. The Morgan fingerprint density at radius 3 is 2.88 bits per heavy atom. The first-order valence-electron chi connectivity index (χ1n) is 13.4. The van der Waals surface area contributed by atoms with Crippen LogP contribution in [0.3, 0.4) is 0 Å². The van der Waals surface area contributed by atoms with Crippen molar-refractivity contribution in [3.8, 4) is 17.2 Å². The number of rotatable bonds is 6. The minimum Gasteiger partial charge on any atom is -0.504 e. The third-order valence-electron chi connectivity index (χ3n) is 9.25. The number of alkyl halides is 3. The van der Waals surface area contributed by atoms with Gasteiger partial charge in [0.25, 0.3) is 0 Å². The molecule has 2 N–H and O–H groups in total. The molecular formula is C30H31F3N2O5. The molecule has 4 aliphatic rings. The van der Waals surface area contributed by atoms with Crippen LogP contribution in [0.4, 0.5) is 13.2 Å². The van der Waals surface area contributed by atoms with Crippen LogP contribution < -0.4 is 9.47 Å². The van der Waals surface area contributed by atoms with Crippen molar-refractivity contribution < 1.29 is 37.7 Å². The molecule has 1 saturated carbocycles. The number of amides is 1. The Morgan fingerprint density at radius 1 is 1.32 bits per heavy atom. The number of phenols is 1. The van der Waals surface area contributed by atoms with Gasteiger partial charge in [0.1, 0.15) is 11.9 Å². The molecule has 0 radical (unpaired) electrons. The summed E-state index contributed by atoms with van der Waals surface area (Å²) in [6.07, 6.45) is 1.37. The minimum atomic E-state index is -4.81. The molecular weight excluding hydrogens is 525 g/mol. The number of piperidine rings is 1. The average molecular weight is 557 g/mol. The maximum absolute atomic E-state index is 13.3. The Bertz CT molecular complexity index is 1390. The van der Waals surface area contributed by atoms with Gasteiger partial charge in [0.2, 0.25) is 5.91 Å². The van der Waals surface area contributed by atoms with Gasteiger partial charge in [-0.3, -0.25) is 9.69 Å². The molecule has 10 heteroatoms. The van der Waals surface area contributed by atoms with Crippen LogP contribution >= 0.6 is 0 Å². The van der Waals surface area contributed by atoms with Crippen LogP contribution in [0.5, 0.6) is 17.2 Å². The maximum Gasteiger partial charge on any atom is 0.573 e. The van der Waals surface area contributed by atoms with Gasteiger partial charge in [-0.2, -0.15) is 0 Å². The average Bonchev–Trinajstić information content (AvgIpc) is 3.23. The second-order valence-corrected chi connectivity index (χ2v) is 11.2. The number of hydrogen-bond donors (Lipinski definition) is 2. The van der Waals surface area contributed by atoms with Gasteiger partial charge in [-0.25, -0.2) is 0 Å². The summed E-state index contributed by atoms with van der Waals surface area (Å²) in [4.78, 5) is 17.1. The lowest BCUT2D eigenvalue weighted by atomic mass is 9.48. The number of likely N-dealkylation sites (tertiary alicyclic amines) is 1. The van der Waals surface area contributed by atoms with Gasteiger partial charge in [-0.1, -0.05) is 24.3 Å². The summed E-state index contributed by atoms with van der Waals surface area (Å²) >= 11 is 0. The normalized spacial score (nSPS) is 30.5. The minimum absolute atomic E-state index is 0.0532. The molecule has 1 saturated heterocycles. The smallest absolute Gasteiger partial charge is 0.504 e. The highest BCUT2D eigenvalue weighted by atomic mass is 19.4. The van der Waals surface area contributed by atoms with Crippen LogP contribution in [-0.4, -0.2) is 76.2 Å². The summed E-state index contributed by atoms with van der Waals surface area (Å²) in [5.74, 6) is -0.233. The lowest BCUT2D eigenvalue weighted by molar-refractivity contribution is -0.274. The van der Waals surface area contributed by atoms with Gasteiger partial charge in [0, 0.05) is 43.7 Å². The topological polar surface area (TPSA) is 82.5 Å². The number of carbonyl (C=O) groups excluding carboxylic acids is 1. The first-order valence-corrected chi connectivity index (χ1v) is 13.4. The Morgan fingerprint density at radius 2 is 2.12 bits per heavy atom. The van der Waals surface area contributed by atoms with Gasteiger partial charge in [-0.15, -0.1) is 19.8 Å². The summed E-state index contributed by atoms with van der Waals surface area (Å²) in [5.41, 5.74) is 0.454. The van der Waals surface area contributed by atoms with Crippen molar-refractivity contribution in [1.29, 1.82) is 0 Å². The zero-order chi connectivity index (χ0) is 28.4. The zero-order valence-electron chi connectivity index (χ0n) is 22.0. The molecule has 2 aliphatic carbocycles. The van der Waals surface area contributed by atoms with Crippen molar-refractivity contribution >= 4 is 12.0 Å². The van der Waals surface area contributed by atoms with E-state index in [-0.39, 0.29) is 29.5 Å². The molecule has 2 aromatic carbocycles. The molecule has 2 aliphatic heterocycles. The Hall–Kier alpha value is -3.50. The van der Waals surface area contributed by atoms with Gasteiger partial charge in [-0.05, 0) is 61.2 Å². The standard InChI is InChI=1S/C30H31F3N2O5/c1-3-12-35-13-11-28-24-16-20(17-29(28,38)23(35)15-19-8-9-22(36)27(39-24)26(19)28)34(2)25(37)10-7-18-5-4-6-21(14-18)40-30(31,32)33/h3-10,14,20,23-24,36,38H,1,11-13,15-17H2,2H3/t20-,23-,24+,28-,29-/m1/s1. The summed E-state index contributed by atoms with van der Waals surface area (Å²) in [5, 5.41) is 23.3. The number of likely N-dealkylation sites (N-methyl/N-ethyl adjacent to an activating group) is 1. The number of phenolic OH excluding ortho intramolecular Hbond substituents is 1. The highest BCUT2D eigenvalue weighted by Gasteiger charge is 2.72. The molecule has 1 amide bonds. The summed E-state index contributed by atoms with van der Waals surface area (Å²) < 4.78 is 48.2. The van der Waals surface area contributed by atoms with Crippen molar-refractivity contribution in [1.82, 2.24) is 9.80 Å². The van der Waals surface area contributed by atoms with E-state index in [1.165, 1.54) is 30.4 Å². The van der Waals surface area contributed by atoms with Crippen molar-refractivity contribution in [3.63, 3.8) is 0 Å². The number of carbonyl (C=O) groups is 1. The molecule has 40 heavy (non-hydrogen) atoms. The summed E-state index contributed by atoms with van der Waals surface area (Å²) in [6, 6.07) is 8.37. The van der Waals surface area contributed by atoms with Crippen molar-refractivity contribution in [3.05, 3.63) is 71.8 Å². The van der Waals surface area contributed by atoms with Gasteiger partial charge in [0.05, 0.1) is 11.0 Å². The van der Waals surface area contributed by atoms with Gasteiger partial charge >= 0.3 is 6.36 Å². The van der Waals surface area contributed by atoms with E-state index < -0.39 is 23.5 Å². The van der Waals surface area contributed by atoms with Crippen LogP contribution in [-0.2, 0) is 16.6 Å². The molecule has 2 aromatic rings. The van der Waals surface area contributed by atoms with E-state index in [0.717, 1.165) is 17.7 Å². The van der Waals surface area contributed by atoms with E-state index in [1.54, 1.807) is 24.1 Å². The van der Waals surface area contributed by atoms with Crippen LogP contribution in [0, 0.1) is 0 Å². The van der Waals surface area contributed by atoms with E-state index in [1.807, 2.05) is 12.1 Å². The van der Waals surface area contributed by atoms with Crippen LogP contribution in [0.15, 0.2) is 55.1 Å². The van der Waals surface area contributed by atoms with Crippen LogP contribution in [0.1, 0.15) is 36.0 Å². The highest BCUT2D eigenvalue weighted by molar-refractivity contribution is 5.92. The first kappa shape index (κ1) is 26.7. The van der Waals surface area contributed by atoms with Crippen molar-refractivity contribution in [2.45, 2.75) is 61.2 Å². The SMILES string of the molecule is C=CCN1CC[C@]23c4c5ccc(O)c4O[C@H]2C[C@@H](N(C)C(=O)C=Cc2cccc(OC(F)(F)F)c2)C[C@@]3(O)[C@H]1C5. The largest absolute Gasteiger partial charge is 0.573 e. The fourth-order valence-corrected chi connectivity index (χ4v) is 7.59. The maximum atomic E-state index is 13.3. The van der Waals surface area contributed by atoms with E-state index in [9.17, 15) is 28.2 Å². The van der Waals surface area contributed by atoms with Crippen molar-refractivity contribution in [2.24, 2.45) is 0 Å². The quantitative estimate of drug-likeness (QED) is 0.411. The number of ether oxygens (including phenoxy) is 2. The van der Waals surface area contributed by atoms with Crippen molar-refractivity contribution in [2.75, 3.05) is 20.1 Å². The highest BCUT2D eigenvalue weighted by Crippen LogP contribution is 2.65. The fraction of sp³-hybridized carbons (Fsp3) is 0.433. The lowest BCUT2D eigenvalue weighted by Gasteiger charge is -2.64. The number of benzene rings is 2. The second kappa shape index (κ2) is 9.27. The number of aliphatic hydroxyl groups is 1. The molecule has 2 heterocycles. The third kappa shape index (κ3) is 3.99. The second-order valence-electron chi connectivity index (χ2n) is 11.2. The third-order valence-corrected chi connectivity index (χ3v) is 9.25. The molecule has 2 fully saturated rings. The molecule has 2 bridgehead atoms. The molecule has 1 spiro atoms. The zero-order valence-corrected chi connectivity index (χ0v) is 22.0. The number of halogens is 3. The summed E-state index contributed by atoms with van der Waals surface area (Å²) in [7, 11) is 1.66. The Labute approximate surface area is 230 Å². The predicted octanol–water partition coefficient (Wildman–Crippen LogP) is 4.17. The number of aromatic hydroxyl groups is 1. The molecule has 0 unspecified atom stereocenters. The molecule has 5 atom stereocenters. The first-order chi connectivity index (χ1) is 19.0. The van der Waals surface area contributed by atoms with E-state index in [4.69, 9.17) is 4.74 Å². The molecule has 6 rings (SSSR count). The fourth-order valence-electron chi connectivity index (χ4n) is 7.59. The van der Waals surface area contributed by atoms with Gasteiger partial charge in [0.15, 0.2) is 11.5 Å². The molecule has 212 valence electrons. The Balaban J connectivity index is 1.29. The summed E-state index contributed by atoms with van der Waals surface area (Å²) in [6.45, 7) is 5.27. The predicted molar refractivity (Wildman–Crippen MR) is 141 cm³/mol. The van der Waals surface area contributed by atoms with Gasteiger partial charge < -0.3 is 24.6 Å².